The van der Waals surface area contributed by atoms with Crippen LogP contribution in [0.4, 0.5) is 0 Å². The van der Waals surface area contributed by atoms with E-state index in [-0.39, 0.29) is 0 Å². The van der Waals surface area contributed by atoms with Crippen LogP contribution in [0.25, 0.3) is 0 Å². The molecule has 104 valence electrons. The van der Waals surface area contributed by atoms with Crippen molar-refractivity contribution < 1.29 is 9.47 Å². The van der Waals surface area contributed by atoms with Crippen LogP contribution in [0.1, 0.15) is 6.92 Å². The van der Waals surface area contributed by atoms with Gasteiger partial charge in [-0.15, -0.1) is 0 Å². The second-order valence-corrected chi connectivity index (χ2v) is 2.34. The first-order chi connectivity index (χ1) is 8.26. The lowest BCUT2D eigenvalue weighted by atomic mass is 10.3. The second kappa shape index (κ2) is 20.2. The van der Waals surface area contributed by atoms with Crippen LogP contribution in [0.3, 0.4) is 0 Å². The fourth-order valence-electron chi connectivity index (χ4n) is 0.621. The lowest BCUT2D eigenvalue weighted by Gasteiger charge is -2.04. The van der Waals surface area contributed by atoms with Crippen LogP contribution in [0.5, 0.6) is 0 Å². The van der Waals surface area contributed by atoms with Crippen molar-refractivity contribution >= 4 is 11.4 Å². The van der Waals surface area contributed by atoms with E-state index in [0.717, 1.165) is 0 Å². The zero-order valence-electron chi connectivity index (χ0n) is 11.1. The van der Waals surface area contributed by atoms with Crippen LogP contribution >= 0.6 is 0 Å². The Morgan fingerprint density at radius 3 is 1.88 bits per heavy atom. The molecule has 0 heterocycles. The normalized spacial score (nSPS) is 10.9. The summed E-state index contributed by atoms with van der Waals surface area (Å²) < 4.78 is 9.97. The third-order valence-electron chi connectivity index (χ3n) is 1.44. The van der Waals surface area contributed by atoms with Gasteiger partial charge in [0.2, 0.25) is 0 Å². The highest BCUT2D eigenvalue weighted by atomic mass is 16.5. The van der Waals surface area contributed by atoms with Crippen LogP contribution < -0.4 is 23.2 Å². The van der Waals surface area contributed by atoms with Gasteiger partial charge in [0.25, 0.3) is 0 Å². The molecule has 0 fully saturated rings. The minimum atomic E-state index is 0.298. The molecule has 8 heteroatoms. The van der Waals surface area contributed by atoms with Crippen LogP contribution in [0, 0.1) is 0 Å². The SMILES string of the molecule is CN.CN.COCCOCC(=N\N)/C(C)=N/N. The Balaban J connectivity index is -0.000000439. The molecule has 8 N–H and O–H groups in total. The Bertz CT molecular complexity index is 196. The molecule has 0 aliphatic rings. The molecular formula is C9H26N6O2. The Hall–Kier alpha value is -1.22. The number of nitrogens with zero attached hydrogens (tertiary/aromatic N) is 2. The van der Waals surface area contributed by atoms with Gasteiger partial charge < -0.3 is 32.6 Å². The summed E-state index contributed by atoms with van der Waals surface area (Å²) in [6.07, 6.45) is 0. The molecule has 0 radical (unpaired) electrons. The topological polar surface area (TPSA) is 147 Å². The summed E-state index contributed by atoms with van der Waals surface area (Å²) in [6, 6.07) is 0. The molecule has 0 aromatic carbocycles. The van der Waals surface area contributed by atoms with Gasteiger partial charge in [0.15, 0.2) is 0 Å². The van der Waals surface area contributed by atoms with Crippen molar-refractivity contribution in [3.63, 3.8) is 0 Å². The van der Waals surface area contributed by atoms with E-state index < -0.39 is 0 Å². The van der Waals surface area contributed by atoms with Gasteiger partial charge in [0, 0.05) is 7.11 Å². The van der Waals surface area contributed by atoms with Crippen molar-refractivity contribution in [2.75, 3.05) is 41.0 Å². The number of methoxy groups -OCH3 is 1. The van der Waals surface area contributed by atoms with E-state index in [1.165, 1.54) is 14.1 Å². The third kappa shape index (κ3) is 14.8. The third-order valence-corrected chi connectivity index (χ3v) is 1.44. The summed E-state index contributed by atoms with van der Waals surface area (Å²) in [7, 11) is 4.61. The van der Waals surface area contributed by atoms with Gasteiger partial charge in [-0.05, 0) is 21.0 Å². The standard InChI is InChI=1S/C7H16N4O2.2CH5N/c1-6(10-8)7(11-9)5-13-4-3-12-2;2*1-2/h3-5,8-9H2,1-2H3;2*2H2,1H3/b10-6+,11-7+;;. The maximum absolute atomic E-state index is 5.18. The summed E-state index contributed by atoms with van der Waals surface area (Å²) in [5.74, 6) is 10.2. The first-order valence-electron chi connectivity index (χ1n) is 5.00. The first-order valence-corrected chi connectivity index (χ1v) is 5.00. The van der Waals surface area contributed by atoms with E-state index in [9.17, 15) is 0 Å². The van der Waals surface area contributed by atoms with Crippen LogP contribution in [-0.4, -0.2) is 52.4 Å². The van der Waals surface area contributed by atoms with Gasteiger partial charge >= 0.3 is 0 Å². The Morgan fingerprint density at radius 2 is 1.53 bits per heavy atom. The molecule has 0 aliphatic heterocycles. The van der Waals surface area contributed by atoms with Crippen LogP contribution in [0.15, 0.2) is 10.2 Å². The molecule has 0 amide bonds. The predicted octanol–water partition coefficient (Wildman–Crippen LogP) is -1.55. The zero-order chi connectivity index (χ0) is 14.1. The monoisotopic (exact) mass is 250 g/mol. The molecule has 0 atom stereocenters. The zero-order valence-corrected chi connectivity index (χ0v) is 11.1. The molecule has 0 aromatic rings. The minimum absolute atomic E-state index is 0.298. The summed E-state index contributed by atoms with van der Waals surface area (Å²) in [6.45, 7) is 3.04. The summed E-state index contributed by atoms with van der Waals surface area (Å²) in [5, 5.41) is 6.95. The molecule has 0 spiro atoms. The molecular weight excluding hydrogens is 224 g/mol. The number of hydrogen-bond donors (Lipinski definition) is 4. The van der Waals surface area contributed by atoms with Gasteiger partial charge in [-0.25, -0.2) is 0 Å². The average Bonchev–Trinajstić information content (AvgIpc) is 2.42. The van der Waals surface area contributed by atoms with Crippen molar-refractivity contribution in [2.24, 2.45) is 33.4 Å². The van der Waals surface area contributed by atoms with Crippen molar-refractivity contribution in [1.82, 2.24) is 0 Å². The van der Waals surface area contributed by atoms with E-state index in [2.05, 4.69) is 21.7 Å². The molecule has 0 saturated heterocycles. The van der Waals surface area contributed by atoms with Crippen molar-refractivity contribution in [3.8, 4) is 0 Å². The van der Waals surface area contributed by atoms with E-state index in [0.29, 0.717) is 31.2 Å². The first kappa shape index (κ1) is 21.1. The molecule has 0 unspecified atom stereocenters. The molecule has 8 nitrogen and oxygen atoms in total. The Labute approximate surface area is 103 Å². The van der Waals surface area contributed by atoms with E-state index >= 15 is 0 Å². The fraction of sp³-hybridized carbons (Fsp3) is 0.778. The van der Waals surface area contributed by atoms with Gasteiger partial charge in [0.05, 0.1) is 25.5 Å². The Kier molecular flexibility index (Phi) is 25.1. The summed E-state index contributed by atoms with van der Waals surface area (Å²) in [5.41, 5.74) is 10.1. The number of hydrazone groups is 2. The van der Waals surface area contributed by atoms with Gasteiger partial charge in [-0.3, -0.25) is 0 Å². The molecule has 0 rings (SSSR count). The number of nitrogens with two attached hydrogens (primary N) is 4. The molecule has 0 saturated carbocycles. The lowest BCUT2D eigenvalue weighted by Crippen LogP contribution is -2.21. The molecule has 0 bridgehead atoms. The molecule has 17 heavy (non-hydrogen) atoms. The van der Waals surface area contributed by atoms with Gasteiger partial charge in [-0.2, -0.15) is 10.2 Å². The van der Waals surface area contributed by atoms with Crippen molar-refractivity contribution in [3.05, 3.63) is 0 Å². The number of hydrogen-bond acceptors (Lipinski definition) is 8. The maximum Gasteiger partial charge on any atom is 0.109 e. The molecule has 0 aromatic heterocycles. The number of rotatable bonds is 6. The fourth-order valence-corrected chi connectivity index (χ4v) is 0.621. The van der Waals surface area contributed by atoms with E-state index in [1.807, 2.05) is 0 Å². The van der Waals surface area contributed by atoms with Gasteiger partial charge in [0.1, 0.15) is 5.71 Å². The van der Waals surface area contributed by atoms with E-state index in [4.69, 9.17) is 21.2 Å². The van der Waals surface area contributed by atoms with Gasteiger partial charge in [-0.1, -0.05) is 0 Å². The van der Waals surface area contributed by atoms with Crippen molar-refractivity contribution in [2.45, 2.75) is 6.92 Å². The van der Waals surface area contributed by atoms with Crippen LogP contribution in [-0.2, 0) is 9.47 Å². The highest BCUT2D eigenvalue weighted by molar-refractivity contribution is 6.41. The van der Waals surface area contributed by atoms with E-state index in [1.54, 1.807) is 14.0 Å². The number of ether oxygens (including phenoxy) is 2. The smallest absolute Gasteiger partial charge is 0.109 e. The van der Waals surface area contributed by atoms with Crippen molar-refractivity contribution in [1.29, 1.82) is 0 Å². The maximum atomic E-state index is 5.18. The average molecular weight is 250 g/mol. The summed E-state index contributed by atoms with van der Waals surface area (Å²) in [4.78, 5) is 0. The minimum Gasteiger partial charge on any atom is -0.382 e. The largest absolute Gasteiger partial charge is 0.382 e. The highest BCUT2D eigenvalue weighted by Gasteiger charge is 2.03. The van der Waals surface area contributed by atoms with Crippen LogP contribution in [0.2, 0.25) is 0 Å². The summed E-state index contributed by atoms with van der Waals surface area (Å²) >= 11 is 0. The highest BCUT2D eigenvalue weighted by Crippen LogP contribution is 1.85. The predicted molar refractivity (Wildman–Crippen MR) is 71.8 cm³/mol. The molecule has 0 aliphatic carbocycles. The lowest BCUT2D eigenvalue weighted by molar-refractivity contribution is 0.0904. The second-order valence-electron chi connectivity index (χ2n) is 2.34. The Morgan fingerprint density at radius 1 is 1.00 bits per heavy atom. The quantitative estimate of drug-likeness (QED) is 0.194.